The molecule has 0 fully saturated rings. The standard InChI is InChI=1S/C14H19N3/c1-4-7-17-9-13(15)14(16-17)12-6-5-10(2)8-11(12)3/h5-6,8-9H,4,7,15H2,1-3H3. The fourth-order valence-electron chi connectivity index (χ4n) is 2.07. The second kappa shape index (κ2) is 4.62. The molecule has 0 unspecified atom stereocenters. The predicted octanol–water partition coefficient (Wildman–Crippen LogP) is 3.16. The Hall–Kier alpha value is -1.77. The fourth-order valence-corrected chi connectivity index (χ4v) is 2.07. The molecule has 0 spiro atoms. The van der Waals surface area contributed by atoms with Gasteiger partial charge in [-0.1, -0.05) is 30.7 Å². The van der Waals surface area contributed by atoms with E-state index in [1.807, 2.05) is 10.9 Å². The molecule has 0 amide bonds. The highest BCUT2D eigenvalue weighted by Crippen LogP contribution is 2.27. The van der Waals surface area contributed by atoms with E-state index in [0.29, 0.717) is 0 Å². The van der Waals surface area contributed by atoms with Crippen LogP contribution in [0, 0.1) is 13.8 Å². The minimum atomic E-state index is 0.755. The van der Waals surface area contributed by atoms with E-state index in [0.717, 1.165) is 29.9 Å². The van der Waals surface area contributed by atoms with Crippen LogP contribution in [0.4, 0.5) is 5.69 Å². The fraction of sp³-hybridized carbons (Fsp3) is 0.357. The van der Waals surface area contributed by atoms with Crippen LogP contribution < -0.4 is 5.73 Å². The van der Waals surface area contributed by atoms with Gasteiger partial charge in [0.05, 0.1) is 5.69 Å². The van der Waals surface area contributed by atoms with Crippen molar-refractivity contribution >= 4 is 5.69 Å². The Kier molecular flexibility index (Phi) is 3.18. The first-order valence-corrected chi connectivity index (χ1v) is 6.02. The molecule has 0 aliphatic heterocycles. The number of nitrogens with two attached hydrogens (primary N) is 1. The summed E-state index contributed by atoms with van der Waals surface area (Å²) in [7, 11) is 0. The lowest BCUT2D eigenvalue weighted by atomic mass is 10.0. The molecule has 1 aromatic heterocycles. The normalized spacial score (nSPS) is 10.8. The largest absolute Gasteiger partial charge is 0.396 e. The summed E-state index contributed by atoms with van der Waals surface area (Å²) in [5.41, 5.74) is 11.3. The summed E-state index contributed by atoms with van der Waals surface area (Å²) in [5, 5.41) is 4.55. The van der Waals surface area contributed by atoms with Crippen LogP contribution >= 0.6 is 0 Å². The topological polar surface area (TPSA) is 43.8 Å². The highest BCUT2D eigenvalue weighted by Gasteiger charge is 2.10. The number of aryl methyl sites for hydroxylation is 3. The van der Waals surface area contributed by atoms with E-state index >= 15 is 0 Å². The Labute approximate surface area is 102 Å². The molecule has 2 aromatic rings. The Balaban J connectivity index is 2.45. The van der Waals surface area contributed by atoms with Crippen molar-refractivity contribution in [2.24, 2.45) is 0 Å². The summed E-state index contributed by atoms with van der Waals surface area (Å²) in [6.45, 7) is 7.24. The van der Waals surface area contributed by atoms with Crippen molar-refractivity contribution < 1.29 is 0 Å². The summed E-state index contributed by atoms with van der Waals surface area (Å²) >= 11 is 0. The molecular formula is C14H19N3. The average Bonchev–Trinajstić information content (AvgIpc) is 2.60. The van der Waals surface area contributed by atoms with Crippen LogP contribution in [0.5, 0.6) is 0 Å². The molecule has 0 aliphatic rings. The van der Waals surface area contributed by atoms with Crippen molar-refractivity contribution in [1.29, 1.82) is 0 Å². The van der Waals surface area contributed by atoms with Gasteiger partial charge in [0.1, 0.15) is 5.69 Å². The molecule has 0 atom stereocenters. The van der Waals surface area contributed by atoms with Crippen LogP contribution in [-0.2, 0) is 6.54 Å². The van der Waals surface area contributed by atoms with Crippen LogP contribution in [-0.4, -0.2) is 9.78 Å². The quantitative estimate of drug-likeness (QED) is 0.878. The van der Waals surface area contributed by atoms with E-state index < -0.39 is 0 Å². The molecule has 0 aliphatic carbocycles. The second-order valence-corrected chi connectivity index (χ2v) is 4.51. The van der Waals surface area contributed by atoms with Crippen molar-refractivity contribution in [3.8, 4) is 11.3 Å². The molecule has 3 nitrogen and oxygen atoms in total. The summed E-state index contributed by atoms with van der Waals surface area (Å²) in [4.78, 5) is 0. The average molecular weight is 229 g/mol. The first-order chi connectivity index (χ1) is 8.11. The highest BCUT2D eigenvalue weighted by molar-refractivity contribution is 5.74. The van der Waals surface area contributed by atoms with Gasteiger partial charge >= 0.3 is 0 Å². The van der Waals surface area contributed by atoms with Crippen molar-refractivity contribution in [2.45, 2.75) is 33.7 Å². The first kappa shape index (κ1) is 11.7. The summed E-state index contributed by atoms with van der Waals surface area (Å²) in [6.07, 6.45) is 2.98. The van der Waals surface area contributed by atoms with E-state index in [2.05, 4.69) is 44.1 Å². The number of benzene rings is 1. The molecule has 2 rings (SSSR count). The molecular weight excluding hydrogens is 210 g/mol. The minimum absolute atomic E-state index is 0.755. The lowest BCUT2D eigenvalue weighted by Gasteiger charge is -2.04. The Bertz CT molecular complexity index is 526. The lowest BCUT2D eigenvalue weighted by molar-refractivity contribution is 0.604. The zero-order valence-electron chi connectivity index (χ0n) is 10.7. The molecule has 3 heteroatoms. The van der Waals surface area contributed by atoms with E-state index in [-0.39, 0.29) is 0 Å². The van der Waals surface area contributed by atoms with Crippen LogP contribution in [0.15, 0.2) is 24.4 Å². The maximum Gasteiger partial charge on any atom is 0.115 e. The smallest absolute Gasteiger partial charge is 0.115 e. The second-order valence-electron chi connectivity index (χ2n) is 4.51. The van der Waals surface area contributed by atoms with Gasteiger partial charge in [-0.15, -0.1) is 0 Å². The minimum Gasteiger partial charge on any atom is -0.396 e. The molecule has 0 saturated heterocycles. The summed E-state index contributed by atoms with van der Waals surface area (Å²) < 4.78 is 1.92. The number of hydrogen-bond donors (Lipinski definition) is 1. The van der Waals surface area contributed by atoms with Gasteiger partial charge in [-0.3, -0.25) is 4.68 Å². The first-order valence-electron chi connectivity index (χ1n) is 6.02. The zero-order chi connectivity index (χ0) is 12.4. The molecule has 90 valence electrons. The van der Waals surface area contributed by atoms with Crippen LogP contribution in [0.25, 0.3) is 11.3 Å². The van der Waals surface area contributed by atoms with E-state index in [1.165, 1.54) is 11.1 Å². The third kappa shape index (κ3) is 2.33. The van der Waals surface area contributed by atoms with Crippen LogP contribution in [0.3, 0.4) is 0 Å². The highest BCUT2D eigenvalue weighted by atomic mass is 15.3. The van der Waals surface area contributed by atoms with Crippen molar-refractivity contribution in [2.75, 3.05) is 5.73 Å². The van der Waals surface area contributed by atoms with Crippen molar-refractivity contribution in [1.82, 2.24) is 9.78 Å². The SMILES string of the molecule is CCCn1cc(N)c(-c2ccc(C)cc2C)n1. The number of nitrogen functional groups attached to an aromatic ring is 1. The van der Waals surface area contributed by atoms with Gasteiger partial charge in [0, 0.05) is 18.3 Å². The molecule has 0 saturated carbocycles. The van der Waals surface area contributed by atoms with Crippen LogP contribution in [0.1, 0.15) is 24.5 Å². The predicted molar refractivity (Wildman–Crippen MR) is 71.8 cm³/mol. The molecule has 17 heavy (non-hydrogen) atoms. The van der Waals surface area contributed by atoms with Crippen molar-refractivity contribution in [3.63, 3.8) is 0 Å². The van der Waals surface area contributed by atoms with Crippen molar-refractivity contribution in [3.05, 3.63) is 35.5 Å². The Morgan fingerprint density at radius 3 is 2.71 bits per heavy atom. The molecule has 1 aromatic carbocycles. The van der Waals surface area contributed by atoms with Crippen LogP contribution in [0.2, 0.25) is 0 Å². The van der Waals surface area contributed by atoms with E-state index in [9.17, 15) is 0 Å². The van der Waals surface area contributed by atoms with Gasteiger partial charge in [-0.25, -0.2) is 0 Å². The monoisotopic (exact) mass is 229 g/mol. The molecule has 0 bridgehead atoms. The Morgan fingerprint density at radius 2 is 2.06 bits per heavy atom. The van der Waals surface area contributed by atoms with Gasteiger partial charge < -0.3 is 5.73 Å². The number of anilines is 1. The molecule has 2 N–H and O–H groups in total. The lowest BCUT2D eigenvalue weighted by Crippen LogP contribution is -1.97. The zero-order valence-corrected chi connectivity index (χ0v) is 10.7. The van der Waals surface area contributed by atoms with Gasteiger partial charge in [0.25, 0.3) is 0 Å². The number of rotatable bonds is 3. The molecule has 0 radical (unpaired) electrons. The summed E-state index contributed by atoms with van der Waals surface area (Å²) in [6, 6.07) is 6.36. The third-order valence-corrected chi connectivity index (χ3v) is 2.88. The van der Waals surface area contributed by atoms with E-state index in [4.69, 9.17) is 5.73 Å². The molecule has 1 heterocycles. The van der Waals surface area contributed by atoms with E-state index in [1.54, 1.807) is 0 Å². The third-order valence-electron chi connectivity index (χ3n) is 2.88. The Morgan fingerprint density at radius 1 is 1.29 bits per heavy atom. The number of aromatic nitrogens is 2. The maximum atomic E-state index is 6.03. The van der Waals surface area contributed by atoms with Gasteiger partial charge in [0.15, 0.2) is 0 Å². The maximum absolute atomic E-state index is 6.03. The summed E-state index contributed by atoms with van der Waals surface area (Å²) in [5.74, 6) is 0. The van der Waals surface area contributed by atoms with Gasteiger partial charge in [0.2, 0.25) is 0 Å². The van der Waals surface area contributed by atoms with Gasteiger partial charge in [-0.2, -0.15) is 5.10 Å². The number of nitrogens with zero attached hydrogens (tertiary/aromatic N) is 2. The number of hydrogen-bond acceptors (Lipinski definition) is 2. The van der Waals surface area contributed by atoms with Gasteiger partial charge in [-0.05, 0) is 25.8 Å².